The van der Waals surface area contributed by atoms with Crippen molar-refractivity contribution in [3.8, 4) is 0 Å². The van der Waals surface area contributed by atoms with E-state index < -0.39 is 0 Å². The van der Waals surface area contributed by atoms with Crippen LogP contribution in [0.3, 0.4) is 0 Å². The SMILES string of the molecule is Nc1nc(N)n(CCCOC2=CCC(CN3CCCCC3)=CC2)n1. The molecular formula is C17H28N6O. The van der Waals surface area contributed by atoms with Crippen LogP contribution in [0.5, 0.6) is 0 Å². The first-order chi connectivity index (χ1) is 11.7. The minimum absolute atomic E-state index is 0.217. The summed E-state index contributed by atoms with van der Waals surface area (Å²) < 4.78 is 7.47. The largest absolute Gasteiger partial charge is 0.498 e. The molecule has 0 amide bonds. The molecule has 7 heteroatoms. The molecule has 0 atom stereocenters. The van der Waals surface area contributed by atoms with E-state index >= 15 is 0 Å². The van der Waals surface area contributed by atoms with Gasteiger partial charge in [-0.05, 0) is 38.4 Å². The first-order valence-electron chi connectivity index (χ1n) is 8.88. The minimum Gasteiger partial charge on any atom is -0.498 e. The molecule has 7 nitrogen and oxygen atoms in total. The quantitative estimate of drug-likeness (QED) is 0.585. The lowest BCUT2D eigenvalue weighted by Gasteiger charge is -2.28. The van der Waals surface area contributed by atoms with Gasteiger partial charge in [-0.1, -0.05) is 18.1 Å². The predicted octanol–water partition coefficient (Wildman–Crippen LogP) is 1.94. The molecule has 1 aliphatic carbocycles. The van der Waals surface area contributed by atoms with Crippen LogP contribution in [-0.2, 0) is 11.3 Å². The number of nitrogens with two attached hydrogens (primary N) is 2. The summed E-state index contributed by atoms with van der Waals surface area (Å²) in [5.74, 6) is 1.65. The van der Waals surface area contributed by atoms with Crippen LogP contribution in [0.4, 0.5) is 11.9 Å². The Hall–Kier alpha value is -2.02. The van der Waals surface area contributed by atoms with E-state index in [2.05, 4.69) is 27.1 Å². The minimum atomic E-state index is 0.217. The van der Waals surface area contributed by atoms with Gasteiger partial charge >= 0.3 is 0 Å². The lowest BCUT2D eigenvalue weighted by Crippen LogP contribution is -2.31. The van der Waals surface area contributed by atoms with Crippen LogP contribution in [0.2, 0.25) is 0 Å². The topological polar surface area (TPSA) is 95.2 Å². The molecular weight excluding hydrogens is 304 g/mol. The highest BCUT2D eigenvalue weighted by molar-refractivity contribution is 5.26. The Balaban J connectivity index is 1.33. The number of hydrogen-bond acceptors (Lipinski definition) is 6. The third-order valence-electron chi connectivity index (χ3n) is 4.58. The first-order valence-corrected chi connectivity index (χ1v) is 8.88. The van der Waals surface area contributed by atoms with Crippen molar-refractivity contribution in [3.63, 3.8) is 0 Å². The van der Waals surface area contributed by atoms with Gasteiger partial charge in [-0.25, -0.2) is 4.68 Å². The zero-order chi connectivity index (χ0) is 16.8. The van der Waals surface area contributed by atoms with Crippen LogP contribution in [0.1, 0.15) is 38.5 Å². The lowest BCUT2D eigenvalue weighted by molar-refractivity contribution is 0.195. The van der Waals surface area contributed by atoms with Gasteiger partial charge in [0.25, 0.3) is 0 Å². The molecule has 0 unspecified atom stereocenters. The number of hydrogen-bond donors (Lipinski definition) is 2. The van der Waals surface area contributed by atoms with Crippen molar-refractivity contribution < 1.29 is 4.74 Å². The average Bonchev–Trinajstić information content (AvgIpc) is 2.91. The highest BCUT2D eigenvalue weighted by atomic mass is 16.5. The summed E-state index contributed by atoms with van der Waals surface area (Å²) in [7, 11) is 0. The zero-order valence-corrected chi connectivity index (χ0v) is 14.3. The Kier molecular flexibility index (Phi) is 5.74. The number of anilines is 2. The van der Waals surface area contributed by atoms with E-state index in [9.17, 15) is 0 Å². The molecule has 0 radical (unpaired) electrons. The number of piperidine rings is 1. The molecule has 4 N–H and O–H groups in total. The maximum atomic E-state index is 5.86. The number of nitrogens with zero attached hydrogens (tertiary/aromatic N) is 4. The second-order valence-corrected chi connectivity index (χ2v) is 6.53. The monoisotopic (exact) mass is 332 g/mol. The van der Waals surface area contributed by atoms with Crippen molar-refractivity contribution in [1.82, 2.24) is 19.7 Å². The molecule has 1 saturated heterocycles. The van der Waals surface area contributed by atoms with Gasteiger partial charge < -0.3 is 16.2 Å². The van der Waals surface area contributed by atoms with Crippen LogP contribution < -0.4 is 11.5 Å². The summed E-state index contributed by atoms with van der Waals surface area (Å²) >= 11 is 0. The van der Waals surface area contributed by atoms with E-state index in [1.165, 1.54) is 37.9 Å². The normalized spacial score (nSPS) is 19.0. The van der Waals surface area contributed by atoms with Crippen LogP contribution >= 0.6 is 0 Å². The van der Waals surface area contributed by atoms with Crippen molar-refractivity contribution in [1.29, 1.82) is 0 Å². The van der Waals surface area contributed by atoms with E-state index in [1.54, 1.807) is 4.68 Å². The van der Waals surface area contributed by atoms with Crippen molar-refractivity contribution in [2.75, 3.05) is 37.7 Å². The third kappa shape index (κ3) is 4.74. The molecule has 1 aromatic heterocycles. The Morgan fingerprint density at radius 1 is 1.08 bits per heavy atom. The second kappa shape index (κ2) is 8.19. The Bertz CT molecular complexity index is 600. The Morgan fingerprint density at radius 3 is 2.58 bits per heavy atom. The maximum Gasteiger partial charge on any atom is 0.241 e. The molecule has 0 spiro atoms. The van der Waals surface area contributed by atoms with Gasteiger partial charge in [-0.3, -0.25) is 4.90 Å². The smallest absolute Gasteiger partial charge is 0.241 e. The first kappa shape index (κ1) is 16.8. The number of ether oxygens (including phenoxy) is 1. The summed E-state index contributed by atoms with van der Waals surface area (Å²) in [4.78, 5) is 6.45. The summed E-state index contributed by atoms with van der Waals surface area (Å²) in [6.07, 6.45) is 11.4. The highest BCUT2D eigenvalue weighted by Gasteiger charge is 2.13. The Labute approximate surface area is 143 Å². The summed E-state index contributed by atoms with van der Waals surface area (Å²) in [6, 6.07) is 0. The molecule has 2 aliphatic rings. The molecule has 0 bridgehead atoms. The number of aryl methyl sites for hydroxylation is 1. The van der Waals surface area contributed by atoms with Gasteiger partial charge in [0.1, 0.15) is 0 Å². The molecule has 1 aromatic rings. The lowest BCUT2D eigenvalue weighted by atomic mass is 10.0. The molecule has 0 aromatic carbocycles. The summed E-state index contributed by atoms with van der Waals surface area (Å²) in [5.41, 5.74) is 12.7. The average molecular weight is 332 g/mol. The molecule has 1 aliphatic heterocycles. The number of likely N-dealkylation sites (tertiary alicyclic amines) is 1. The van der Waals surface area contributed by atoms with Gasteiger partial charge in [0.2, 0.25) is 11.9 Å². The molecule has 24 heavy (non-hydrogen) atoms. The van der Waals surface area contributed by atoms with Crippen LogP contribution in [0, 0.1) is 0 Å². The fraction of sp³-hybridized carbons (Fsp3) is 0.647. The fourth-order valence-corrected chi connectivity index (χ4v) is 3.26. The number of rotatable bonds is 7. The van der Waals surface area contributed by atoms with E-state index in [0.29, 0.717) is 19.1 Å². The van der Waals surface area contributed by atoms with Crippen molar-refractivity contribution in [2.24, 2.45) is 0 Å². The van der Waals surface area contributed by atoms with E-state index in [1.807, 2.05) is 0 Å². The summed E-state index contributed by atoms with van der Waals surface area (Å²) in [6.45, 7) is 4.94. The van der Waals surface area contributed by atoms with Gasteiger partial charge in [-0.2, -0.15) is 4.98 Å². The molecule has 2 heterocycles. The van der Waals surface area contributed by atoms with Crippen molar-refractivity contribution >= 4 is 11.9 Å². The van der Waals surface area contributed by atoms with E-state index in [4.69, 9.17) is 16.2 Å². The van der Waals surface area contributed by atoms with Crippen LogP contribution in [-0.4, -0.2) is 45.9 Å². The predicted molar refractivity (Wildman–Crippen MR) is 95.1 cm³/mol. The molecule has 0 saturated carbocycles. The Morgan fingerprint density at radius 2 is 1.92 bits per heavy atom. The van der Waals surface area contributed by atoms with Crippen molar-refractivity contribution in [2.45, 2.75) is 45.1 Å². The van der Waals surface area contributed by atoms with Crippen molar-refractivity contribution in [3.05, 3.63) is 23.5 Å². The number of aromatic nitrogens is 3. The van der Waals surface area contributed by atoms with Gasteiger partial charge in [0.15, 0.2) is 0 Å². The number of allylic oxidation sites excluding steroid dienone is 2. The zero-order valence-electron chi connectivity index (χ0n) is 14.3. The van der Waals surface area contributed by atoms with Gasteiger partial charge in [-0.15, -0.1) is 5.10 Å². The fourth-order valence-electron chi connectivity index (χ4n) is 3.26. The molecule has 132 valence electrons. The maximum absolute atomic E-state index is 5.86. The third-order valence-corrected chi connectivity index (χ3v) is 4.58. The van der Waals surface area contributed by atoms with Gasteiger partial charge in [0.05, 0.1) is 12.4 Å². The molecule has 1 fully saturated rings. The van der Waals surface area contributed by atoms with E-state index in [-0.39, 0.29) is 5.95 Å². The standard InChI is InChI=1S/C17H28N6O/c18-16-20-17(19)23(21-16)11-4-12-24-15-7-5-14(6-8-15)13-22-9-2-1-3-10-22/h5,8H,1-4,6-7,9-13H2,(H4,18,19,20,21). The summed E-state index contributed by atoms with van der Waals surface area (Å²) in [5, 5.41) is 4.03. The second-order valence-electron chi connectivity index (χ2n) is 6.53. The van der Waals surface area contributed by atoms with Crippen LogP contribution in [0.15, 0.2) is 23.5 Å². The number of nitrogen functional groups attached to an aromatic ring is 2. The van der Waals surface area contributed by atoms with Gasteiger partial charge in [0, 0.05) is 25.9 Å². The molecule has 3 rings (SSSR count). The van der Waals surface area contributed by atoms with E-state index in [0.717, 1.165) is 31.6 Å². The highest BCUT2D eigenvalue weighted by Crippen LogP contribution is 2.21. The van der Waals surface area contributed by atoms with Crippen LogP contribution in [0.25, 0.3) is 0 Å².